The van der Waals surface area contributed by atoms with Gasteiger partial charge in [-0.25, -0.2) is 13.2 Å². The van der Waals surface area contributed by atoms with E-state index in [1.54, 1.807) is 9.80 Å². The average molecular weight is 607 g/mol. The highest BCUT2D eigenvalue weighted by Gasteiger charge is 2.33. The summed E-state index contributed by atoms with van der Waals surface area (Å²) in [7, 11) is 0. The zero-order valence-electron chi connectivity index (χ0n) is 24.8. The Hall–Kier alpha value is -4.03. The Balaban J connectivity index is 0.00000442. The number of carbonyl (C=O) groups excluding carboxylic acids is 1. The number of amides is 1. The second kappa shape index (κ2) is 13.7. The molecule has 0 unspecified atom stereocenters. The SMILES string of the molecule is C.Cc1cc(C)c(C(=O)N2CCN(c3cc(F)c(F)c(F)c3)[C@H](CO)C2)c(C)c1CC1CCN(c2ccccc2C#N)CC1. The monoisotopic (exact) mass is 606 g/mol. The number of aryl methyl sites for hydroxylation is 2. The average Bonchev–Trinajstić information content (AvgIpc) is 3.01. The number of hydrogen-bond acceptors (Lipinski definition) is 5. The molecule has 1 amide bonds. The minimum absolute atomic E-state index is 0. The van der Waals surface area contributed by atoms with E-state index >= 15 is 0 Å². The Labute approximate surface area is 258 Å². The quantitative estimate of drug-likeness (QED) is 0.333. The van der Waals surface area contributed by atoms with E-state index in [9.17, 15) is 28.3 Å². The third-order valence-corrected chi connectivity index (χ3v) is 9.10. The minimum atomic E-state index is -1.53. The number of aliphatic hydroxyl groups is 1. The van der Waals surface area contributed by atoms with Crippen molar-refractivity contribution in [3.63, 3.8) is 0 Å². The van der Waals surface area contributed by atoms with Crippen molar-refractivity contribution < 1.29 is 23.1 Å². The van der Waals surface area contributed by atoms with E-state index < -0.39 is 23.5 Å². The molecule has 2 fully saturated rings. The van der Waals surface area contributed by atoms with Crippen LogP contribution in [-0.2, 0) is 6.42 Å². The fraction of sp³-hybridized carbons (Fsp3) is 0.429. The highest BCUT2D eigenvalue weighted by atomic mass is 19.2. The molecule has 0 saturated carbocycles. The van der Waals surface area contributed by atoms with Crippen LogP contribution in [0.3, 0.4) is 0 Å². The van der Waals surface area contributed by atoms with Gasteiger partial charge in [0.05, 0.1) is 23.9 Å². The second-order valence-electron chi connectivity index (χ2n) is 11.8. The molecule has 1 atom stereocenters. The summed E-state index contributed by atoms with van der Waals surface area (Å²) >= 11 is 0. The summed E-state index contributed by atoms with van der Waals surface area (Å²) in [4.78, 5) is 19.5. The molecule has 9 heteroatoms. The molecule has 0 aromatic heterocycles. The van der Waals surface area contributed by atoms with Crippen LogP contribution in [0.15, 0.2) is 42.5 Å². The molecular weight excluding hydrogens is 565 g/mol. The third kappa shape index (κ3) is 6.41. The van der Waals surface area contributed by atoms with Crippen LogP contribution in [-0.4, -0.2) is 61.3 Å². The first-order valence-corrected chi connectivity index (χ1v) is 14.8. The van der Waals surface area contributed by atoms with E-state index in [2.05, 4.69) is 24.0 Å². The van der Waals surface area contributed by atoms with E-state index in [1.165, 1.54) is 5.56 Å². The smallest absolute Gasteiger partial charge is 0.254 e. The molecule has 0 spiro atoms. The Morgan fingerprint density at radius 1 is 0.977 bits per heavy atom. The van der Waals surface area contributed by atoms with Crippen LogP contribution in [0.5, 0.6) is 0 Å². The highest BCUT2D eigenvalue weighted by molar-refractivity contribution is 5.98. The number of nitriles is 1. The van der Waals surface area contributed by atoms with Crippen molar-refractivity contribution in [2.75, 3.05) is 49.1 Å². The minimum Gasteiger partial charge on any atom is -0.394 e. The van der Waals surface area contributed by atoms with Gasteiger partial charge in [0.1, 0.15) is 6.07 Å². The first-order valence-electron chi connectivity index (χ1n) is 14.8. The van der Waals surface area contributed by atoms with Crippen LogP contribution in [0.1, 0.15) is 58.4 Å². The molecular formula is C35H41F3N4O2. The van der Waals surface area contributed by atoms with Crippen molar-refractivity contribution in [2.45, 2.75) is 53.5 Å². The van der Waals surface area contributed by atoms with Crippen LogP contribution >= 0.6 is 0 Å². The Morgan fingerprint density at radius 2 is 1.64 bits per heavy atom. The van der Waals surface area contributed by atoms with E-state index in [0.29, 0.717) is 23.6 Å². The van der Waals surface area contributed by atoms with E-state index in [1.807, 2.05) is 38.1 Å². The summed E-state index contributed by atoms with van der Waals surface area (Å²) in [6, 6.07) is 13.3. The number of halogens is 3. The largest absolute Gasteiger partial charge is 0.394 e. The molecule has 2 aliphatic heterocycles. The number of aliphatic hydroxyl groups excluding tert-OH is 1. The number of hydrogen-bond donors (Lipinski definition) is 1. The van der Waals surface area contributed by atoms with Crippen molar-refractivity contribution in [3.05, 3.63) is 93.3 Å². The number of anilines is 2. The normalized spacial score (nSPS) is 17.3. The topological polar surface area (TPSA) is 70.8 Å². The first-order chi connectivity index (χ1) is 20.6. The molecule has 2 heterocycles. The number of piperazine rings is 1. The first kappa shape index (κ1) is 32.9. The van der Waals surface area contributed by atoms with E-state index in [0.717, 1.165) is 66.9 Å². The zero-order chi connectivity index (χ0) is 30.8. The summed E-state index contributed by atoms with van der Waals surface area (Å²) in [5.74, 6) is -3.79. The van der Waals surface area contributed by atoms with Crippen molar-refractivity contribution in [2.24, 2.45) is 5.92 Å². The second-order valence-corrected chi connectivity index (χ2v) is 11.8. The van der Waals surface area contributed by atoms with Crippen LogP contribution in [0, 0.1) is 55.5 Å². The van der Waals surface area contributed by atoms with Crippen molar-refractivity contribution in [1.29, 1.82) is 5.26 Å². The standard InChI is InChI=1S/C34H37F3N4O2.CH4/c1-21-14-22(2)32(23(3)28(21)15-24-8-10-39(11-9-24)31-7-5-4-6-25(31)18-38)34(43)40-12-13-41(27(19-40)20-42)26-16-29(35)33(37)30(36)17-26;/h4-7,14,16-17,24,27,42H,8-13,15,19-20H2,1-3H3;1H4/t27-;/m0./s1. The molecule has 2 saturated heterocycles. The molecule has 0 aliphatic carbocycles. The molecule has 0 bridgehead atoms. The fourth-order valence-corrected chi connectivity index (χ4v) is 6.78. The maximum Gasteiger partial charge on any atom is 0.254 e. The zero-order valence-corrected chi connectivity index (χ0v) is 24.8. The number of benzene rings is 3. The molecule has 3 aromatic rings. The van der Waals surface area contributed by atoms with Crippen molar-refractivity contribution >= 4 is 17.3 Å². The maximum atomic E-state index is 13.9. The summed E-state index contributed by atoms with van der Waals surface area (Å²) in [6.07, 6.45) is 2.84. The highest BCUT2D eigenvalue weighted by Crippen LogP contribution is 2.32. The molecule has 5 rings (SSSR count). The van der Waals surface area contributed by atoms with Crippen LogP contribution in [0.25, 0.3) is 0 Å². The van der Waals surface area contributed by atoms with Gasteiger partial charge in [-0.3, -0.25) is 4.79 Å². The van der Waals surface area contributed by atoms with Crippen molar-refractivity contribution in [1.82, 2.24) is 4.90 Å². The Morgan fingerprint density at radius 3 is 2.27 bits per heavy atom. The molecule has 44 heavy (non-hydrogen) atoms. The Bertz CT molecular complexity index is 1540. The van der Waals surface area contributed by atoms with Gasteiger partial charge in [0.15, 0.2) is 17.5 Å². The van der Waals surface area contributed by atoms with Gasteiger partial charge < -0.3 is 19.8 Å². The molecule has 234 valence electrons. The van der Waals surface area contributed by atoms with Crippen LogP contribution in [0.4, 0.5) is 24.5 Å². The van der Waals surface area contributed by atoms with Crippen LogP contribution in [0.2, 0.25) is 0 Å². The Kier molecular flexibility index (Phi) is 10.3. The lowest BCUT2D eigenvalue weighted by Crippen LogP contribution is -2.56. The lowest BCUT2D eigenvalue weighted by Gasteiger charge is -2.42. The maximum absolute atomic E-state index is 13.9. The summed E-state index contributed by atoms with van der Waals surface area (Å²) in [5, 5.41) is 19.6. The van der Waals surface area contributed by atoms with Crippen molar-refractivity contribution in [3.8, 4) is 6.07 Å². The molecule has 1 N–H and O–H groups in total. The van der Waals surface area contributed by atoms with Crippen LogP contribution < -0.4 is 9.80 Å². The lowest BCUT2D eigenvalue weighted by atomic mass is 9.83. The predicted molar refractivity (Wildman–Crippen MR) is 168 cm³/mol. The van der Waals surface area contributed by atoms with Gasteiger partial charge in [0, 0.05) is 56.1 Å². The fourth-order valence-electron chi connectivity index (χ4n) is 6.78. The summed E-state index contributed by atoms with van der Waals surface area (Å²) in [6.45, 7) is 8.13. The van der Waals surface area contributed by atoms with Gasteiger partial charge in [-0.1, -0.05) is 25.6 Å². The van der Waals surface area contributed by atoms with Gasteiger partial charge in [-0.2, -0.15) is 5.26 Å². The molecule has 2 aliphatic rings. The van der Waals surface area contributed by atoms with Gasteiger partial charge in [0.25, 0.3) is 5.91 Å². The number of carbonyl (C=O) groups is 1. The number of piperidine rings is 1. The number of nitrogens with zero attached hydrogens (tertiary/aromatic N) is 4. The van der Waals surface area contributed by atoms with E-state index in [4.69, 9.17) is 0 Å². The molecule has 6 nitrogen and oxygen atoms in total. The third-order valence-electron chi connectivity index (χ3n) is 9.10. The molecule has 0 radical (unpaired) electrons. The summed E-state index contributed by atoms with van der Waals surface area (Å²) < 4.78 is 41.4. The van der Waals surface area contributed by atoms with Gasteiger partial charge >= 0.3 is 0 Å². The predicted octanol–water partition coefficient (Wildman–Crippen LogP) is 6.32. The lowest BCUT2D eigenvalue weighted by molar-refractivity contribution is 0.0697. The van der Waals surface area contributed by atoms with E-state index in [-0.39, 0.29) is 38.7 Å². The molecule has 3 aromatic carbocycles. The van der Waals surface area contributed by atoms with Gasteiger partial charge in [0.2, 0.25) is 0 Å². The van der Waals surface area contributed by atoms with Gasteiger partial charge in [-0.05, 0) is 80.3 Å². The summed E-state index contributed by atoms with van der Waals surface area (Å²) in [5.41, 5.74) is 6.65. The van der Waals surface area contributed by atoms with Gasteiger partial charge in [-0.15, -0.1) is 0 Å². The number of rotatable bonds is 6. The number of para-hydroxylation sites is 1.